The molecule has 0 aliphatic carbocycles. The zero-order valence-electron chi connectivity index (χ0n) is 8.35. The highest BCUT2D eigenvalue weighted by molar-refractivity contribution is 5.30. The van der Waals surface area contributed by atoms with Crippen molar-refractivity contribution < 1.29 is 5.11 Å². The van der Waals surface area contributed by atoms with Crippen LogP contribution in [0.25, 0.3) is 0 Å². The molecule has 0 fully saturated rings. The molecule has 1 heterocycles. The minimum atomic E-state index is -0.567. The van der Waals surface area contributed by atoms with Crippen molar-refractivity contribution >= 4 is 0 Å². The Labute approximate surface area is 88.6 Å². The first-order valence-electron chi connectivity index (χ1n) is 4.91. The van der Waals surface area contributed by atoms with E-state index >= 15 is 0 Å². The van der Waals surface area contributed by atoms with Gasteiger partial charge in [-0.15, -0.1) is 0 Å². The van der Waals surface area contributed by atoms with Gasteiger partial charge < -0.3 is 15.8 Å². The van der Waals surface area contributed by atoms with Crippen LogP contribution >= 0.6 is 0 Å². The number of nitrogens with two attached hydrogens (primary N) is 1. The Morgan fingerprint density at radius 2 is 1.87 bits per heavy atom. The van der Waals surface area contributed by atoms with Crippen LogP contribution in [0.2, 0.25) is 0 Å². The maximum Gasteiger partial charge on any atom is 0.105 e. The lowest BCUT2D eigenvalue weighted by atomic mass is 10.0. The van der Waals surface area contributed by atoms with Gasteiger partial charge in [-0.25, -0.2) is 0 Å². The van der Waals surface area contributed by atoms with E-state index in [9.17, 15) is 5.11 Å². The predicted octanol–water partition coefficient (Wildman–Crippen LogP) is 1.56. The summed E-state index contributed by atoms with van der Waals surface area (Å²) in [6.45, 7) is 0.528. The number of aliphatic hydroxyl groups excluding tert-OH is 1. The molecule has 4 N–H and O–H groups in total. The van der Waals surface area contributed by atoms with Crippen LogP contribution in [0.15, 0.2) is 42.7 Å². The maximum absolute atomic E-state index is 9.99. The van der Waals surface area contributed by atoms with Gasteiger partial charge in [-0.1, -0.05) is 24.3 Å². The van der Waals surface area contributed by atoms with E-state index in [2.05, 4.69) is 4.98 Å². The fourth-order valence-corrected chi connectivity index (χ4v) is 1.54. The van der Waals surface area contributed by atoms with Crippen LogP contribution in [0, 0.1) is 0 Å². The van der Waals surface area contributed by atoms with Gasteiger partial charge in [-0.3, -0.25) is 0 Å². The number of hydrogen-bond donors (Lipinski definition) is 3. The van der Waals surface area contributed by atoms with Gasteiger partial charge in [0.05, 0.1) is 0 Å². The second-order valence-corrected chi connectivity index (χ2v) is 3.49. The molecule has 0 bridgehead atoms. The highest BCUT2D eigenvalue weighted by Crippen LogP contribution is 2.21. The van der Waals surface area contributed by atoms with E-state index in [1.54, 1.807) is 12.4 Å². The van der Waals surface area contributed by atoms with Crippen LogP contribution in [0.1, 0.15) is 22.8 Å². The zero-order valence-corrected chi connectivity index (χ0v) is 8.35. The van der Waals surface area contributed by atoms with Gasteiger partial charge in [-0.2, -0.15) is 0 Å². The van der Waals surface area contributed by atoms with E-state index in [4.69, 9.17) is 5.73 Å². The number of aromatic amines is 1. The first-order chi connectivity index (χ1) is 7.31. The number of benzene rings is 1. The summed E-state index contributed by atoms with van der Waals surface area (Å²) in [6.07, 6.45) is 3.02. The first kappa shape index (κ1) is 9.96. The van der Waals surface area contributed by atoms with E-state index in [-0.39, 0.29) is 0 Å². The van der Waals surface area contributed by atoms with Gasteiger partial charge in [0, 0.05) is 24.5 Å². The van der Waals surface area contributed by atoms with Crippen molar-refractivity contribution in [1.29, 1.82) is 0 Å². The summed E-state index contributed by atoms with van der Waals surface area (Å²) in [7, 11) is 0. The molecule has 2 aromatic rings. The van der Waals surface area contributed by atoms with Crippen LogP contribution in [-0.2, 0) is 6.54 Å². The Bertz CT molecular complexity index is 406. The average molecular weight is 202 g/mol. The number of aliphatic hydroxyl groups is 1. The summed E-state index contributed by atoms with van der Waals surface area (Å²) in [5, 5.41) is 9.99. The lowest BCUT2D eigenvalue weighted by molar-refractivity contribution is 0.220. The number of aromatic nitrogens is 1. The molecule has 0 aliphatic rings. The Kier molecular flexibility index (Phi) is 2.85. The molecule has 1 aromatic heterocycles. The summed E-state index contributed by atoms with van der Waals surface area (Å²) in [4.78, 5) is 2.92. The molecule has 3 nitrogen and oxygen atoms in total. The molecule has 3 heteroatoms. The molecule has 1 aromatic carbocycles. The van der Waals surface area contributed by atoms with Crippen molar-refractivity contribution in [2.24, 2.45) is 5.73 Å². The normalized spacial score (nSPS) is 12.7. The summed E-state index contributed by atoms with van der Waals surface area (Å²) < 4.78 is 0. The van der Waals surface area contributed by atoms with E-state index in [1.807, 2.05) is 30.3 Å². The van der Waals surface area contributed by atoms with Crippen molar-refractivity contribution in [3.63, 3.8) is 0 Å². The first-order valence-corrected chi connectivity index (χ1v) is 4.91. The van der Waals surface area contributed by atoms with Crippen LogP contribution in [0.3, 0.4) is 0 Å². The van der Waals surface area contributed by atoms with E-state index in [1.165, 1.54) is 0 Å². The van der Waals surface area contributed by atoms with Crippen LogP contribution in [0.4, 0.5) is 0 Å². The second kappa shape index (κ2) is 4.29. The lowest BCUT2D eigenvalue weighted by Gasteiger charge is -2.09. The topological polar surface area (TPSA) is 62.0 Å². The van der Waals surface area contributed by atoms with Gasteiger partial charge in [-0.05, 0) is 17.2 Å². The molecule has 0 aliphatic heterocycles. The average Bonchev–Trinajstić information content (AvgIpc) is 2.82. The Morgan fingerprint density at radius 1 is 1.13 bits per heavy atom. The second-order valence-electron chi connectivity index (χ2n) is 3.49. The van der Waals surface area contributed by atoms with Crippen molar-refractivity contribution in [2.75, 3.05) is 0 Å². The van der Waals surface area contributed by atoms with Crippen LogP contribution in [0.5, 0.6) is 0 Å². The van der Waals surface area contributed by atoms with Crippen LogP contribution < -0.4 is 5.73 Å². The Balaban J connectivity index is 2.22. The highest BCUT2D eigenvalue weighted by Gasteiger charge is 2.09. The van der Waals surface area contributed by atoms with E-state index in [0.717, 1.165) is 16.7 Å². The van der Waals surface area contributed by atoms with Crippen molar-refractivity contribution in [2.45, 2.75) is 12.6 Å². The lowest BCUT2D eigenvalue weighted by Crippen LogP contribution is -2.00. The monoisotopic (exact) mass is 202 g/mol. The van der Waals surface area contributed by atoms with Gasteiger partial charge >= 0.3 is 0 Å². The Morgan fingerprint density at radius 3 is 2.40 bits per heavy atom. The number of hydrogen-bond acceptors (Lipinski definition) is 2. The molecule has 0 spiro atoms. The largest absolute Gasteiger partial charge is 0.384 e. The third-order valence-corrected chi connectivity index (χ3v) is 2.47. The summed E-state index contributed by atoms with van der Waals surface area (Å²) in [5.41, 5.74) is 8.32. The third-order valence-electron chi connectivity index (χ3n) is 2.47. The quantitative estimate of drug-likeness (QED) is 0.707. The number of H-pyrrole nitrogens is 1. The van der Waals surface area contributed by atoms with Crippen molar-refractivity contribution in [3.8, 4) is 0 Å². The SMILES string of the molecule is NCc1ccc(C(O)c2cc[nH]c2)cc1. The number of rotatable bonds is 3. The van der Waals surface area contributed by atoms with Gasteiger partial charge in [0.1, 0.15) is 6.10 Å². The molecule has 78 valence electrons. The standard InChI is InChI=1S/C12H14N2O/c13-7-9-1-3-10(4-2-9)12(15)11-5-6-14-8-11/h1-6,8,12,14-15H,7,13H2. The summed E-state index contributed by atoms with van der Waals surface area (Å²) >= 11 is 0. The number of nitrogens with one attached hydrogen (secondary N) is 1. The molecule has 15 heavy (non-hydrogen) atoms. The van der Waals surface area contributed by atoms with Gasteiger partial charge in [0.15, 0.2) is 0 Å². The van der Waals surface area contributed by atoms with Crippen molar-refractivity contribution in [1.82, 2.24) is 4.98 Å². The van der Waals surface area contributed by atoms with E-state index in [0.29, 0.717) is 6.54 Å². The van der Waals surface area contributed by atoms with Gasteiger partial charge in [0.2, 0.25) is 0 Å². The Hall–Kier alpha value is -1.58. The van der Waals surface area contributed by atoms with Crippen molar-refractivity contribution in [3.05, 3.63) is 59.4 Å². The molecule has 1 atom stereocenters. The molecular weight excluding hydrogens is 188 g/mol. The smallest absolute Gasteiger partial charge is 0.105 e. The summed E-state index contributed by atoms with van der Waals surface area (Å²) in [6, 6.07) is 9.54. The molecular formula is C12H14N2O. The zero-order chi connectivity index (χ0) is 10.7. The maximum atomic E-state index is 9.99. The molecule has 0 saturated carbocycles. The highest BCUT2D eigenvalue weighted by atomic mass is 16.3. The third kappa shape index (κ3) is 2.09. The molecule has 0 saturated heterocycles. The molecule has 0 amide bonds. The van der Waals surface area contributed by atoms with Gasteiger partial charge in [0.25, 0.3) is 0 Å². The molecule has 0 radical (unpaired) electrons. The minimum absolute atomic E-state index is 0.528. The molecule has 2 rings (SSSR count). The predicted molar refractivity (Wildman–Crippen MR) is 59.2 cm³/mol. The minimum Gasteiger partial charge on any atom is -0.384 e. The molecule has 1 unspecified atom stereocenters. The van der Waals surface area contributed by atoms with E-state index < -0.39 is 6.10 Å². The fourth-order valence-electron chi connectivity index (χ4n) is 1.54. The summed E-state index contributed by atoms with van der Waals surface area (Å²) in [5.74, 6) is 0. The van der Waals surface area contributed by atoms with Crippen LogP contribution in [-0.4, -0.2) is 10.1 Å². The fraction of sp³-hybridized carbons (Fsp3) is 0.167.